The molecule has 3 heteroatoms. The predicted octanol–water partition coefficient (Wildman–Crippen LogP) is 2.98. The lowest BCUT2D eigenvalue weighted by Crippen LogP contribution is -2.41. The van der Waals surface area contributed by atoms with E-state index in [2.05, 4.69) is 22.9 Å². The van der Waals surface area contributed by atoms with Crippen LogP contribution in [0.2, 0.25) is 0 Å². The second-order valence-corrected chi connectivity index (χ2v) is 5.44. The fourth-order valence-electron chi connectivity index (χ4n) is 2.64. The van der Waals surface area contributed by atoms with Crippen LogP contribution in [0.25, 0.3) is 0 Å². The molecule has 0 saturated carbocycles. The van der Waals surface area contributed by atoms with Crippen LogP contribution in [0.1, 0.15) is 22.8 Å². The Kier molecular flexibility index (Phi) is 3.26. The Morgan fingerprint density at radius 2 is 2.00 bits per heavy atom. The molecule has 0 bridgehead atoms. The van der Waals surface area contributed by atoms with Crippen molar-refractivity contribution in [3.05, 3.63) is 59.3 Å². The maximum Gasteiger partial charge on any atom is 0.169 e. The third-order valence-electron chi connectivity index (χ3n) is 3.82. The SMILES string of the molecule is CC1=CC=CN2CC(C(=O)c3ccc(C)cc3)CN=C12. The molecule has 0 amide bonds. The largest absolute Gasteiger partial charge is 0.332 e. The Morgan fingerprint density at radius 1 is 1.25 bits per heavy atom. The van der Waals surface area contributed by atoms with Crippen LogP contribution in [0.5, 0.6) is 0 Å². The van der Waals surface area contributed by atoms with Crippen LogP contribution in [0.4, 0.5) is 0 Å². The van der Waals surface area contributed by atoms with Crippen molar-refractivity contribution in [2.75, 3.05) is 13.1 Å². The van der Waals surface area contributed by atoms with E-state index in [1.165, 1.54) is 5.56 Å². The molecule has 0 spiro atoms. The zero-order valence-electron chi connectivity index (χ0n) is 11.8. The first-order chi connectivity index (χ1) is 9.65. The molecule has 1 atom stereocenters. The summed E-state index contributed by atoms with van der Waals surface area (Å²) in [5, 5.41) is 0. The van der Waals surface area contributed by atoms with Crippen molar-refractivity contribution in [1.29, 1.82) is 0 Å². The smallest absolute Gasteiger partial charge is 0.169 e. The van der Waals surface area contributed by atoms with E-state index in [-0.39, 0.29) is 11.7 Å². The lowest BCUT2D eigenvalue weighted by molar-refractivity contribution is 0.0909. The van der Waals surface area contributed by atoms with E-state index in [9.17, 15) is 4.79 Å². The van der Waals surface area contributed by atoms with Gasteiger partial charge in [0.2, 0.25) is 0 Å². The minimum Gasteiger partial charge on any atom is -0.332 e. The number of benzene rings is 1. The number of carbonyl (C=O) groups is 1. The van der Waals surface area contributed by atoms with E-state index in [1.807, 2.05) is 43.5 Å². The molecule has 0 saturated heterocycles. The molecule has 1 aromatic carbocycles. The van der Waals surface area contributed by atoms with Gasteiger partial charge in [-0.1, -0.05) is 35.9 Å². The number of hydrogen-bond acceptors (Lipinski definition) is 3. The molecule has 0 N–H and O–H groups in total. The molecular formula is C17H18N2O. The molecule has 2 aliphatic rings. The fourth-order valence-corrected chi connectivity index (χ4v) is 2.64. The topological polar surface area (TPSA) is 32.7 Å². The zero-order valence-corrected chi connectivity index (χ0v) is 11.8. The average molecular weight is 266 g/mol. The van der Waals surface area contributed by atoms with Crippen LogP contribution in [-0.4, -0.2) is 29.6 Å². The highest BCUT2D eigenvalue weighted by atomic mass is 16.1. The summed E-state index contributed by atoms with van der Waals surface area (Å²) >= 11 is 0. The minimum atomic E-state index is -0.0583. The van der Waals surface area contributed by atoms with E-state index >= 15 is 0 Å². The number of rotatable bonds is 2. The quantitative estimate of drug-likeness (QED) is 0.771. The monoisotopic (exact) mass is 266 g/mol. The second kappa shape index (κ2) is 5.08. The number of Topliss-reactive ketones (excluding diaryl/α,β-unsaturated/α-hetero) is 1. The first kappa shape index (κ1) is 12.9. The summed E-state index contributed by atoms with van der Waals surface area (Å²) in [5.74, 6) is 1.13. The standard InChI is InChI=1S/C17H18N2O/c1-12-5-7-14(8-6-12)16(20)15-10-18-17-13(2)4-3-9-19(17)11-15/h3-9,15H,10-11H2,1-2H3. The first-order valence-corrected chi connectivity index (χ1v) is 6.92. The fraction of sp³-hybridized carbons (Fsp3) is 0.294. The summed E-state index contributed by atoms with van der Waals surface area (Å²) < 4.78 is 0. The van der Waals surface area contributed by atoms with Crippen LogP contribution in [0, 0.1) is 12.8 Å². The molecule has 0 fully saturated rings. The van der Waals surface area contributed by atoms with Gasteiger partial charge in [0, 0.05) is 18.3 Å². The number of fused-ring (bicyclic) bond motifs is 1. The molecule has 3 nitrogen and oxygen atoms in total. The van der Waals surface area contributed by atoms with Gasteiger partial charge in [0.05, 0.1) is 12.5 Å². The highest BCUT2D eigenvalue weighted by molar-refractivity contribution is 6.03. The Hall–Kier alpha value is -2.16. The summed E-state index contributed by atoms with van der Waals surface area (Å²) in [6.07, 6.45) is 6.06. The molecule has 1 unspecified atom stereocenters. The molecule has 0 radical (unpaired) electrons. The normalized spacial score (nSPS) is 21.1. The maximum absolute atomic E-state index is 12.5. The third-order valence-corrected chi connectivity index (χ3v) is 3.82. The van der Waals surface area contributed by atoms with Crippen LogP contribution in [0.3, 0.4) is 0 Å². The van der Waals surface area contributed by atoms with Gasteiger partial charge in [-0.25, -0.2) is 0 Å². The lowest BCUT2D eigenvalue weighted by atomic mass is 9.94. The van der Waals surface area contributed by atoms with E-state index < -0.39 is 0 Å². The van der Waals surface area contributed by atoms with Crippen molar-refractivity contribution in [3.63, 3.8) is 0 Å². The molecule has 3 rings (SSSR count). The zero-order chi connectivity index (χ0) is 14.1. The Bertz CT molecular complexity index is 623. The molecule has 0 aliphatic carbocycles. The number of ketones is 1. The van der Waals surface area contributed by atoms with Gasteiger partial charge in [-0.05, 0) is 25.5 Å². The number of carbonyl (C=O) groups excluding carboxylic acids is 1. The van der Waals surface area contributed by atoms with E-state index in [1.54, 1.807) is 0 Å². The van der Waals surface area contributed by atoms with Crippen molar-refractivity contribution in [3.8, 4) is 0 Å². The average Bonchev–Trinajstić information content (AvgIpc) is 2.47. The van der Waals surface area contributed by atoms with Gasteiger partial charge in [0.25, 0.3) is 0 Å². The van der Waals surface area contributed by atoms with Crippen LogP contribution < -0.4 is 0 Å². The highest BCUT2D eigenvalue weighted by Gasteiger charge is 2.28. The Morgan fingerprint density at radius 3 is 2.75 bits per heavy atom. The number of hydrogen-bond donors (Lipinski definition) is 0. The molecular weight excluding hydrogens is 248 g/mol. The number of nitrogens with zero attached hydrogens (tertiary/aromatic N) is 2. The second-order valence-electron chi connectivity index (χ2n) is 5.44. The molecule has 102 valence electrons. The maximum atomic E-state index is 12.5. The van der Waals surface area contributed by atoms with Gasteiger partial charge in [-0.15, -0.1) is 0 Å². The summed E-state index contributed by atoms with van der Waals surface area (Å²) in [6, 6.07) is 7.79. The number of aryl methyl sites for hydroxylation is 1. The summed E-state index contributed by atoms with van der Waals surface area (Å²) in [6.45, 7) is 5.38. The van der Waals surface area contributed by atoms with E-state index in [4.69, 9.17) is 0 Å². The molecule has 2 aliphatic heterocycles. The summed E-state index contributed by atoms with van der Waals surface area (Å²) in [5.41, 5.74) is 3.12. The van der Waals surface area contributed by atoms with Gasteiger partial charge in [-0.3, -0.25) is 9.79 Å². The summed E-state index contributed by atoms with van der Waals surface area (Å²) in [4.78, 5) is 19.2. The Labute approximate surface area is 119 Å². The minimum absolute atomic E-state index is 0.0583. The van der Waals surface area contributed by atoms with Crippen molar-refractivity contribution >= 4 is 11.6 Å². The van der Waals surface area contributed by atoms with Gasteiger partial charge in [0.1, 0.15) is 5.84 Å². The van der Waals surface area contributed by atoms with Gasteiger partial charge in [0.15, 0.2) is 5.78 Å². The number of allylic oxidation sites excluding steroid dienone is 2. The first-order valence-electron chi connectivity index (χ1n) is 6.92. The lowest BCUT2D eigenvalue weighted by Gasteiger charge is -2.32. The molecule has 2 heterocycles. The number of aliphatic imine (C=N–C) groups is 1. The van der Waals surface area contributed by atoms with Gasteiger partial charge in [-0.2, -0.15) is 0 Å². The number of amidine groups is 1. The summed E-state index contributed by atoms with van der Waals surface area (Å²) in [7, 11) is 0. The van der Waals surface area contributed by atoms with Crippen LogP contribution in [0.15, 0.2) is 53.2 Å². The van der Waals surface area contributed by atoms with Crippen molar-refractivity contribution < 1.29 is 4.79 Å². The molecule has 0 aromatic heterocycles. The molecule has 20 heavy (non-hydrogen) atoms. The van der Waals surface area contributed by atoms with Gasteiger partial charge >= 0.3 is 0 Å². The van der Waals surface area contributed by atoms with Crippen molar-refractivity contribution in [2.45, 2.75) is 13.8 Å². The van der Waals surface area contributed by atoms with Crippen LogP contribution in [-0.2, 0) is 0 Å². The van der Waals surface area contributed by atoms with Crippen LogP contribution >= 0.6 is 0 Å². The van der Waals surface area contributed by atoms with Gasteiger partial charge < -0.3 is 4.90 Å². The van der Waals surface area contributed by atoms with Crippen molar-refractivity contribution in [2.24, 2.45) is 10.9 Å². The Balaban J connectivity index is 1.80. The van der Waals surface area contributed by atoms with Crippen molar-refractivity contribution in [1.82, 2.24) is 4.90 Å². The molecule has 1 aromatic rings. The van der Waals surface area contributed by atoms with E-state index in [0.717, 1.165) is 17.0 Å². The third kappa shape index (κ3) is 2.31. The van der Waals surface area contributed by atoms with E-state index in [0.29, 0.717) is 13.1 Å². The predicted molar refractivity (Wildman–Crippen MR) is 80.9 cm³/mol. The highest BCUT2D eigenvalue weighted by Crippen LogP contribution is 2.21.